The molecule has 2 N–H and O–H groups in total. The Morgan fingerprint density at radius 3 is 2.77 bits per heavy atom. The zero-order chi connectivity index (χ0) is 16.2. The molecule has 0 spiro atoms. The summed E-state index contributed by atoms with van der Waals surface area (Å²) in [6, 6.07) is 3.43. The summed E-state index contributed by atoms with van der Waals surface area (Å²) in [6.07, 6.45) is 1.52. The minimum atomic E-state index is -3.28. The molecular weight excluding hydrogens is 296 g/mol. The molecule has 0 atom stereocenters. The second-order valence-electron chi connectivity index (χ2n) is 5.12. The van der Waals surface area contributed by atoms with Gasteiger partial charge in [0.05, 0.1) is 19.8 Å². The first-order valence-corrected chi connectivity index (χ1v) is 6.91. The molecular formula is C14H19F2N3O3. The van der Waals surface area contributed by atoms with Gasteiger partial charge in [0, 0.05) is 19.2 Å². The van der Waals surface area contributed by atoms with Gasteiger partial charge < -0.3 is 20.1 Å². The predicted octanol–water partition coefficient (Wildman–Crippen LogP) is 1.66. The molecule has 2 amide bonds. The van der Waals surface area contributed by atoms with Crippen molar-refractivity contribution in [2.24, 2.45) is 0 Å². The lowest BCUT2D eigenvalue weighted by atomic mass is 9.89. The van der Waals surface area contributed by atoms with E-state index in [1.807, 2.05) is 0 Å². The molecule has 2 rings (SSSR count). The summed E-state index contributed by atoms with van der Waals surface area (Å²) < 4.78 is 37.9. The number of hydrogen-bond acceptors (Lipinski definition) is 4. The van der Waals surface area contributed by atoms with E-state index in [0.717, 1.165) is 0 Å². The first-order chi connectivity index (χ1) is 10.4. The van der Waals surface area contributed by atoms with Gasteiger partial charge in [-0.2, -0.15) is 8.78 Å². The quantitative estimate of drug-likeness (QED) is 0.837. The number of nitrogens with zero attached hydrogens (tertiary/aromatic N) is 1. The van der Waals surface area contributed by atoms with Crippen molar-refractivity contribution in [2.45, 2.75) is 30.9 Å². The van der Waals surface area contributed by atoms with Gasteiger partial charge in [-0.25, -0.2) is 9.78 Å². The number of ether oxygens (including phenoxy) is 2. The van der Waals surface area contributed by atoms with Crippen molar-refractivity contribution >= 4 is 6.03 Å². The summed E-state index contributed by atoms with van der Waals surface area (Å²) >= 11 is 0. The molecule has 1 aliphatic rings. The average molecular weight is 315 g/mol. The lowest BCUT2D eigenvalue weighted by molar-refractivity contribution is -0.00649. The predicted molar refractivity (Wildman–Crippen MR) is 75.0 cm³/mol. The van der Waals surface area contributed by atoms with Gasteiger partial charge in [0.1, 0.15) is 5.69 Å². The Morgan fingerprint density at radius 1 is 1.41 bits per heavy atom. The van der Waals surface area contributed by atoms with E-state index in [1.165, 1.54) is 25.3 Å². The molecule has 0 aliphatic heterocycles. The second kappa shape index (κ2) is 6.87. The molecule has 0 bridgehead atoms. The normalized spacial score (nSPS) is 20.9. The third kappa shape index (κ3) is 4.03. The first kappa shape index (κ1) is 16.4. The number of nitrogens with one attached hydrogen (secondary N) is 2. The maximum atomic E-state index is 14.0. The molecule has 0 aromatic carbocycles. The fourth-order valence-corrected chi connectivity index (χ4v) is 2.13. The van der Waals surface area contributed by atoms with Gasteiger partial charge in [0.15, 0.2) is 0 Å². The highest BCUT2D eigenvalue weighted by atomic mass is 19.3. The van der Waals surface area contributed by atoms with Gasteiger partial charge >= 0.3 is 12.0 Å². The van der Waals surface area contributed by atoms with Gasteiger partial charge in [-0.15, -0.1) is 0 Å². The maximum Gasteiger partial charge on any atom is 0.315 e. The Morgan fingerprint density at radius 2 is 2.14 bits per heavy atom. The molecule has 1 aromatic heterocycles. The largest absolute Gasteiger partial charge is 0.481 e. The highest BCUT2D eigenvalue weighted by molar-refractivity contribution is 5.74. The number of amides is 2. The molecule has 1 fully saturated rings. The van der Waals surface area contributed by atoms with Crippen molar-refractivity contribution in [3.8, 4) is 5.88 Å². The zero-order valence-electron chi connectivity index (χ0n) is 12.4. The molecule has 6 nitrogen and oxygen atoms in total. The molecule has 0 unspecified atom stereocenters. The second-order valence-corrected chi connectivity index (χ2v) is 5.12. The highest BCUT2D eigenvalue weighted by Gasteiger charge is 2.35. The van der Waals surface area contributed by atoms with Crippen LogP contribution in [0.5, 0.6) is 5.88 Å². The topological polar surface area (TPSA) is 72.5 Å². The molecule has 0 saturated heterocycles. The molecule has 1 aromatic rings. The number of urea groups is 1. The lowest BCUT2D eigenvalue weighted by Gasteiger charge is -2.34. The molecule has 22 heavy (non-hydrogen) atoms. The van der Waals surface area contributed by atoms with Crippen LogP contribution in [0.25, 0.3) is 0 Å². The molecule has 1 saturated carbocycles. The van der Waals surface area contributed by atoms with Crippen molar-refractivity contribution in [2.75, 3.05) is 20.8 Å². The van der Waals surface area contributed by atoms with E-state index in [2.05, 4.69) is 15.6 Å². The van der Waals surface area contributed by atoms with Crippen LogP contribution in [0.3, 0.4) is 0 Å². The summed E-state index contributed by atoms with van der Waals surface area (Å²) in [5.41, 5.74) is -0.449. The SMILES string of the molecule is COc1cccc(C(F)(F)CNC(=O)NC2CC(OC)C2)n1. The maximum absolute atomic E-state index is 14.0. The van der Waals surface area contributed by atoms with Gasteiger partial charge in [0.2, 0.25) is 5.88 Å². The van der Waals surface area contributed by atoms with Crippen LogP contribution in [0, 0.1) is 0 Å². The number of halogens is 2. The van der Waals surface area contributed by atoms with Gasteiger partial charge in [-0.1, -0.05) is 6.07 Å². The number of alkyl halides is 2. The van der Waals surface area contributed by atoms with Crippen molar-refractivity contribution < 1.29 is 23.0 Å². The van der Waals surface area contributed by atoms with E-state index in [4.69, 9.17) is 9.47 Å². The fraction of sp³-hybridized carbons (Fsp3) is 0.571. The monoisotopic (exact) mass is 315 g/mol. The summed E-state index contributed by atoms with van der Waals surface area (Å²) in [6.45, 7) is -0.834. The smallest absolute Gasteiger partial charge is 0.315 e. The van der Waals surface area contributed by atoms with Crippen molar-refractivity contribution in [3.05, 3.63) is 23.9 Å². The number of pyridine rings is 1. The van der Waals surface area contributed by atoms with E-state index in [0.29, 0.717) is 12.8 Å². The standard InChI is InChI=1S/C14H19F2N3O3/c1-21-10-6-9(7-10)18-13(20)17-8-14(15,16)11-4-3-5-12(19-11)22-2/h3-5,9-10H,6-8H2,1-2H3,(H2,17,18,20). The number of rotatable bonds is 6. The van der Waals surface area contributed by atoms with E-state index in [1.54, 1.807) is 7.11 Å². The number of carbonyl (C=O) groups is 1. The molecule has 122 valence electrons. The number of carbonyl (C=O) groups excluding carboxylic acids is 1. The van der Waals surface area contributed by atoms with Crippen LogP contribution in [-0.2, 0) is 10.7 Å². The van der Waals surface area contributed by atoms with Crippen LogP contribution < -0.4 is 15.4 Å². The summed E-state index contributed by atoms with van der Waals surface area (Å²) in [7, 11) is 2.95. The van der Waals surface area contributed by atoms with Crippen LogP contribution in [0.4, 0.5) is 13.6 Å². The van der Waals surface area contributed by atoms with E-state index >= 15 is 0 Å². The molecule has 1 heterocycles. The minimum Gasteiger partial charge on any atom is -0.481 e. The third-order valence-corrected chi connectivity index (χ3v) is 3.54. The Hall–Kier alpha value is -1.96. The Labute approximate surface area is 127 Å². The summed E-state index contributed by atoms with van der Waals surface area (Å²) in [5.74, 6) is -3.18. The van der Waals surface area contributed by atoms with Crippen LogP contribution in [0.15, 0.2) is 18.2 Å². The van der Waals surface area contributed by atoms with Crippen LogP contribution in [0.2, 0.25) is 0 Å². The average Bonchev–Trinajstić information content (AvgIpc) is 2.48. The van der Waals surface area contributed by atoms with Gasteiger partial charge in [-0.3, -0.25) is 0 Å². The first-order valence-electron chi connectivity index (χ1n) is 6.91. The molecule has 0 radical (unpaired) electrons. The van der Waals surface area contributed by atoms with Crippen LogP contribution in [-0.4, -0.2) is 43.9 Å². The summed E-state index contributed by atoms with van der Waals surface area (Å²) in [5, 5.41) is 4.79. The Bertz CT molecular complexity index is 522. The van der Waals surface area contributed by atoms with Crippen molar-refractivity contribution in [1.29, 1.82) is 0 Å². The number of methoxy groups -OCH3 is 2. The minimum absolute atomic E-state index is 0.0338. The zero-order valence-corrected chi connectivity index (χ0v) is 12.4. The van der Waals surface area contributed by atoms with Crippen molar-refractivity contribution in [3.63, 3.8) is 0 Å². The third-order valence-electron chi connectivity index (χ3n) is 3.54. The molecule has 8 heteroatoms. The highest BCUT2D eigenvalue weighted by Crippen LogP contribution is 2.27. The number of hydrogen-bond donors (Lipinski definition) is 2. The van der Waals surface area contributed by atoms with E-state index in [-0.39, 0.29) is 18.0 Å². The van der Waals surface area contributed by atoms with Crippen LogP contribution in [0.1, 0.15) is 18.5 Å². The Balaban J connectivity index is 1.82. The van der Waals surface area contributed by atoms with E-state index < -0.39 is 24.2 Å². The van der Waals surface area contributed by atoms with Crippen LogP contribution >= 0.6 is 0 Å². The fourth-order valence-electron chi connectivity index (χ4n) is 2.13. The lowest BCUT2D eigenvalue weighted by Crippen LogP contribution is -2.52. The Kier molecular flexibility index (Phi) is 5.12. The van der Waals surface area contributed by atoms with Gasteiger partial charge in [-0.05, 0) is 18.9 Å². The van der Waals surface area contributed by atoms with Crippen molar-refractivity contribution in [1.82, 2.24) is 15.6 Å². The van der Waals surface area contributed by atoms with E-state index in [9.17, 15) is 13.6 Å². The van der Waals surface area contributed by atoms with Gasteiger partial charge in [0.25, 0.3) is 0 Å². The molecule has 1 aliphatic carbocycles. The summed E-state index contributed by atoms with van der Waals surface area (Å²) in [4.78, 5) is 15.3. The number of aromatic nitrogens is 1.